The fourth-order valence-electron chi connectivity index (χ4n) is 1.67. The Balaban J connectivity index is 2.51. The van der Waals surface area contributed by atoms with E-state index in [-0.39, 0.29) is 5.75 Å². The highest BCUT2D eigenvalue weighted by Gasteiger charge is 2.25. The smallest absolute Gasteiger partial charge is 0.142 e. The van der Waals surface area contributed by atoms with Crippen molar-refractivity contribution in [2.75, 3.05) is 11.2 Å². The van der Waals surface area contributed by atoms with E-state index < -0.39 is 10.8 Å². The highest BCUT2D eigenvalue weighted by Crippen LogP contribution is 2.38. The van der Waals surface area contributed by atoms with Crippen LogP contribution in [0.4, 0.5) is 5.69 Å². The average Bonchev–Trinajstić information content (AvgIpc) is 2.62. The van der Waals surface area contributed by atoms with Gasteiger partial charge in [0, 0.05) is 18.5 Å². The number of hydrogen-bond donors (Lipinski definition) is 2. The van der Waals surface area contributed by atoms with Crippen molar-refractivity contribution in [2.45, 2.75) is 4.90 Å². The Kier molecular flexibility index (Phi) is 1.66. The van der Waals surface area contributed by atoms with Gasteiger partial charge in [-0.15, -0.1) is 0 Å². The van der Waals surface area contributed by atoms with Crippen molar-refractivity contribution < 1.29 is 9.32 Å². The minimum Gasteiger partial charge on any atom is -0.506 e. The molecule has 0 saturated heterocycles. The van der Waals surface area contributed by atoms with Gasteiger partial charge < -0.3 is 10.4 Å². The monoisotopic (exact) mass is 221 g/mol. The lowest BCUT2D eigenvalue weighted by Crippen LogP contribution is -1.95. The predicted octanol–water partition coefficient (Wildman–Crippen LogP) is 0.826. The maximum absolute atomic E-state index is 11.7. The summed E-state index contributed by atoms with van der Waals surface area (Å²) in [4.78, 5) is 8.76. The van der Waals surface area contributed by atoms with Crippen LogP contribution in [-0.4, -0.2) is 25.2 Å². The summed E-state index contributed by atoms with van der Waals surface area (Å²) < 4.78 is 11.7. The number of aromatic hydroxyl groups is 1. The minimum absolute atomic E-state index is 0.0730. The lowest BCUT2D eigenvalue weighted by Gasteiger charge is -2.04. The van der Waals surface area contributed by atoms with E-state index in [1.54, 1.807) is 12.4 Å². The van der Waals surface area contributed by atoms with E-state index in [1.165, 1.54) is 6.07 Å². The van der Waals surface area contributed by atoms with Gasteiger partial charge in [0.1, 0.15) is 11.3 Å². The van der Waals surface area contributed by atoms with Gasteiger partial charge in [0.25, 0.3) is 0 Å². The van der Waals surface area contributed by atoms with E-state index in [4.69, 9.17) is 0 Å². The van der Waals surface area contributed by atoms with Crippen molar-refractivity contribution >= 4 is 27.5 Å². The Labute approximate surface area is 87.6 Å². The van der Waals surface area contributed by atoms with Crippen LogP contribution < -0.4 is 5.32 Å². The number of benzene rings is 1. The van der Waals surface area contributed by atoms with Crippen molar-refractivity contribution in [3.8, 4) is 5.75 Å². The summed E-state index contributed by atoms with van der Waals surface area (Å²) in [6.07, 6.45) is 3.09. The van der Waals surface area contributed by atoms with E-state index in [9.17, 15) is 9.32 Å². The largest absolute Gasteiger partial charge is 0.506 e. The summed E-state index contributed by atoms with van der Waals surface area (Å²) in [6.45, 7) is 0. The quantitative estimate of drug-likeness (QED) is 0.644. The Hall–Kier alpha value is -1.69. The van der Waals surface area contributed by atoms with Crippen LogP contribution in [-0.2, 0) is 10.8 Å². The third kappa shape index (κ3) is 1.11. The first-order valence-corrected chi connectivity index (χ1v) is 5.68. The highest BCUT2D eigenvalue weighted by molar-refractivity contribution is 7.85. The van der Waals surface area contributed by atoms with Crippen LogP contribution in [0.15, 0.2) is 23.4 Å². The zero-order valence-electron chi connectivity index (χ0n) is 7.60. The highest BCUT2D eigenvalue weighted by atomic mass is 32.2. The molecule has 76 valence electrons. The number of phenols is 1. The number of hydrogen-bond acceptors (Lipinski definition) is 5. The molecule has 0 saturated carbocycles. The van der Waals surface area contributed by atoms with Crippen molar-refractivity contribution in [1.82, 2.24) is 9.97 Å². The number of aromatic nitrogens is 2. The van der Waals surface area contributed by atoms with Crippen LogP contribution in [0.3, 0.4) is 0 Å². The molecule has 1 atom stereocenters. The maximum atomic E-state index is 11.7. The van der Waals surface area contributed by atoms with Gasteiger partial charge in [-0.3, -0.25) is 14.2 Å². The molecule has 2 N–H and O–H groups in total. The standard InChI is InChI=1S/C9H7N3O2S/c13-6-3-5-7(11-2-1-10-5)9-8(6)12-4-15(9)14/h1-3,12-13H,4H2. The second kappa shape index (κ2) is 2.90. The van der Waals surface area contributed by atoms with Gasteiger partial charge in [-0.2, -0.15) is 0 Å². The van der Waals surface area contributed by atoms with Crippen LogP contribution in [0.25, 0.3) is 11.0 Å². The van der Waals surface area contributed by atoms with Crippen molar-refractivity contribution in [1.29, 1.82) is 0 Å². The minimum atomic E-state index is -1.16. The van der Waals surface area contributed by atoms with Gasteiger partial charge >= 0.3 is 0 Å². The van der Waals surface area contributed by atoms with Gasteiger partial charge in [-0.05, 0) is 0 Å². The van der Waals surface area contributed by atoms with Crippen molar-refractivity contribution in [2.24, 2.45) is 0 Å². The fraction of sp³-hybridized carbons (Fsp3) is 0.111. The first kappa shape index (κ1) is 8.60. The Morgan fingerprint density at radius 3 is 3.07 bits per heavy atom. The Morgan fingerprint density at radius 2 is 2.20 bits per heavy atom. The molecule has 1 aromatic heterocycles. The predicted molar refractivity (Wildman–Crippen MR) is 56.1 cm³/mol. The van der Waals surface area contributed by atoms with Crippen LogP contribution in [0, 0.1) is 0 Å². The van der Waals surface area contributed by atoms with Gasteiger partial charge in [-0.1, -0.05) is 0 Å². The Bertz CT molecular complexity index is 585. The molecule has 15 heavy (non-hydrogen) atoms. The molecular formula is C9H7N3O2S. The van der Waals surface area contributed by atoms with Crippen LogP contribution in [0.2, 0.25) is 0 Å². The number of phenolic OH excluding ortho intramolecular Hbond substituents is 1. The molecule has 1 aliphatic heterocycles. The molecule has 0 fully saturated rings. The van der Waals surface area contributed by atoms with Gasteiger partial charge in [0.15, 0.2) is 0 Å². The third-order valence-electron chi connectivity index (χ3n) is 2.31. The van der Waals surface area contributed by atoms with Crippen LogP contribution >= 0.6 is 0 Å². The summed E-state index contributed by atoms with van der Waals surface area (Å²) in [6, 6.07) is 1.52. The molecule has 6 heteroatoms. The molecule has 0 aliphatic carbocycles. The van der Waals surface area contributed by atoms with Crippen molar-refractivity contribution in [3.63, 3.8) is 0 Å². The molecule has 0 amide bonds. The van der Waals surface area contributed by atoms with Crippen molar-refractivity contribution in [3.05, 3.63) is 18.5 Å². The summed E-state index contributed by atoms with van der Waals surface area (Å²) in [5.41, 5.74) is 1.67. The number of nitrogens with one attached hydrogen (secondary N) is 1. The zero-order chi connectivity index (χ0) is 10.4. The van der Waals surface area contributed by atoms with Crippen LogP contribution in [0.5, 0.6) is 5.75 Å². The first-order chi connectivity index (χ1) is 7.27. The number of rotatable bonds is 0. The van der Waals surface area contributed by atoms with E-state index >= 15 is 0 Å². The van der Waals surface area contributed by atoms with E-state index in [0.717, 1.165) is 0 Å². The summed E-state index contributed by atoms with van der Waals surface area (Å²) >= 11 is 0. The molecule has 0 spiro atoms. The Morgan fingerprint density at radius 1 is 1.40 bits per heavy atom. The molecule has 2 aromatic rings. The van der Waals surface area contributed by atoms with E-state index in [2.05, 4.69) is 15.3 Å². The summed E-state index contributed by atoms with van der Waals surface area (Å²) in [5, 5.41) is 12.6. The topological polar surface area (TPSA) is 75.1 Å². The molecule has 0 radical (unpaired) electrons. The maximum Gasteiger partial charge on any atom is 0.142 e. The second-order valence-electron chi connectivity index (χ2n) is 3.19. The lowest BCUT2D eigenvalue weighted by molar-refractivity contribution is 0.477. The first-order valence-electron chi connectivity index (χ1n) is 4.36. The molecule has 1 unspecified atom stereocenters. The second-order valence-corrected chi connectivity index (χ2v) is 4.58. The van der Waals surface area contributed by atoms with Crippen LogP contribution in [0.1, 0.15) is 0 Å². The normalized spacial score (nSPS) is 18.8. The molecule has 1 aliphatic rings. The van der Waals surface area contributed by atoms with Gasteiger partial charge in [0.05, 0.1) is 32.8 Å². The summed E-state index contributed by atoms with van der Waals surface area (Å²) in [5.74, 6) is 0.391. The van der Waals surface area contributed by atoms with Gasteiger partial charge in [0.2, 0.25) is 0 Å². The molecule has 1 aromatic carbocycles. The SMILES string of the molecule is O=S1CNc2c(O)cc3nccnc3c21. The molecule has 0 bridgehead atoms. The fourth-order valence-corrected chi connectivity index (χ4v) is 2.87. The number of fused-ring (bicyclic) bond motifs is 3. The van der Waals surface area contributed by atoms with E-state index in [0.29, 0.717) is 27.5 Å². The third-order valence-corrected chi connectivity index (χ3v) is 3.57. The average molecular weight is 221 g/mol. The molecule has 3 rings (SSSR count). The van der Waals surface area contributed by atoms with E-state index in [1.807, 2.05) is 0 Å². The molecular weight excluding hydrogens is 214 g/mol. The summed E-state index contributed by atoms with van der Waals surface area (Å²) in [7, 11) is -1.16. The number of nitrogens with zero attached hydrogens (tertiary/aromatic N) is 2. The lowest BCUT2D eigenvalue weighted by atomic mass is 10.2. The van der Waals surface area contributed by atoms with Gasteiger partial charge in [-0.25, -0.2) is 0 Å². The zero-order valence-corrected chi connectivity index (χ0v) is 8.41. The number of anilines is 1. The molecule has 2 heterocycles. The molecule has 5 nitrogen and oxygen atoms in total.